The number of aromatic nitrogens is 2. The largest absolute Gasteiger partial charge is 0.481 e. The molecule has 1 aromatic heterocycles. The number of piperidine rings is 1. The maximum Gasteiger partial charge on any atom is 0.404 e. The van der Waals surface area contributed by atoms with Crippen molar-refractivity contribution in [1.82, 2.24) is 15.3 Å². The van der Waals surface area contributed by atoms with Crippen molar-refractivity contribution in [3.05, 3.63) is 11.2 Å². The van der Waals surface area contributed by atoms with Crippen LogP contribution in [-0.4, -0.2) is 47.4 Å². The van der Waals surface area contributed by atoms with Crippen molar-refractivity contribution in [2.24, 2.45) is 0 Å². The van der Waals surface area contributed by atoms with Gasteiger partial charge in [0, 0.05) is 25.2 Å². The molecule has 1 aliphatic heterocycles. The smallest absolute Gasteiger partial charge is 0.404 e. The number of nitrogens with one attached hydrogen (secondary N) is 1. The summed E-state index contributed by atoms with van der Waals surface area (Å²) < 4.78 is 5.05. The average Bonchev–Trinajstić information content (AvgIpc) is 2.38. The van der Waals surface area contributed by atoms with Gasteiger partial charge in [-0.2, -0.15) is 4.98 Å². The SMILES string of the molecule is COc1cc(Cl)nc(N2CCC(NC(=O)O)CC2)n1. The number of hydrogen-bond acceptors (Lipinski definition) is 5. The van der Waals surface area contributed by atoms with E-state index in [1.807, 2.05) is 4.90 Å². The number of halogens is 1. The third kappa shape index (κ3) is 3.60. The monoisotopic (exact) mass is 286 g/mol. The molecule has 2 heterocycles. The summed E-state index contributed by atoms with van der Waals surface area (Å²) in [4.78, 5) is 20.9. The van der Waals surface area contributed by atoms with Crippen LogP contribution in [-0.2, 0) is 0 Å². The van der Waals surface area contributed by atoms with E-state index in [0.29, 0.717) is 42.9 Å². The fourth-order valence-corrected chi connectivity index (χ4v) is 2.20. The van der Waals surface area contributed by atoms with Gasteiger partial charge < -0.3 is 20.1 Å². The highest BCUT2D eigenvalue weighted by Gasteiger charge is 2.22. The predicted octanol–water partition coefficient (Wildman–Crippen LogP) is 1.38. The van der Waals surface area contributed by atoms with Gasteiger partial charge in [-0.05, 0) is 12.8 Å². The first-order chi connectivity index (χ1) is 9.08. The van der Waals surface area contributed by atoms with Crippen LogP contribution in [0.4, 0.5) is 10.7 Å². The highest BCUT2D eigenvalue weighted by molar-refractivity contribution is 6.29. The lowest BCUT2D eigenvalue weighted by atomic mass is 10.1. The molecule has 1 amide bonds. The van der Waals surface area contributed by atoms with Gasteiger partial charge in [-0.3, -0.25) is 0 Å². The molecule has 0 spiro atoms. The number of carboxylic acid groups (broad SMARTS) is 1. The van der Waals surface area contributed by atoms with Gasteiger partial charge in [-0.15, -0.1) is 0 Å². The van der Waals surface area contributed by atoms with Crippen molar-refractivity contribution in [2.75, 3.05) is 25.1 Å². The molecule has 0 bridgehead atoms. The molecule has 1 aromatic rings. The maximum absolute atomic E-state index is 10.6. The molecule has 0 aliphatic carbocycles. The van der Waals surface area contributed by atoms with E-state index in [1.165, 1.54) is 7.11 Å². The van der Waals surface area contributed by atoms with Gasteiger partial charge in [-0.25, -0.2) is 9.78 Å². The molecule has 0 atom stereocenters. The number of methoxy groups -OCH3 is 1. The zero-order valence-corrected chi connectivity index (χ0v) is 11.2. The fourth-order valence-electron chi connectivity index (χ4n) is 2.03. The number of nitrogens with zero attached hydrogens (tertiary/aromatic N) is 3. The van der Waals surface area contributed by atoms with Crippen molar-refractivity contribution in [2.45, 2.75) is 18.9 Å². The van der Waals surface area contributed by atoms with Crippen molar-refractivity contribution in [1.29, 1.82) is 0 Å². The zero-order chi connectivity index (χ0) is 13.8. The van der Waals surface area contributed by atoms with Crippen molar-refractivity contribution in [3.8, 4) is 5.88 Å². The quantitative estimate of drug-likeness (QED) is 0.816. The van der Waals surface area contributed by atoms with Crippen LogP contribution in [0.3, 0.4) is 0 Å². The van der Waals surface area contributed by atoms with Crippen LogP contribution in [0.25, 0.3) is 0 Å². The summed E-state index contributed by atoms with van der Waals surface area (Å²) in [6, 6.07) is 1.53. The molecule has 1 aliphatic rings. The Hall–Kier alpha value is -1.76. The van der Waals surface area contributed by atoms with E-state index in [1.54, 1.807) is 6.07 Å². The number of amides is 1. The van der Waals surface area contributed by atoms with E-state index < -0.39 is 6.09 Å². The van der Waals surface area contributed by atoms with Gasteiger partial charge in [-0.1, -0.05) is 11.6 Å². The van der Waals surface area contributed by atoms with Crippen LogP contribution in [0.2, 0.25) is 5.15 Å². The Bertz CT molecular complexity index is 463. The van der Waals surface area contributed by atoms with Crippen molar-refractivity contribution >= 4 is 23.6 Å². The first-order valence-corrected chi connectivity index (χ1v) is 6.29. The van der Waals surface area contributed by atoms with Gasteiger partial charge >= 0.3 is 6.09 Å². The Morgan fingerprint density at radius 1 is 1.53 bits per heavy atom. The minimum absolute atomic E-state index is 0.0187. The summed E-state index contributed by atoms with van der Waals surface area (Å²) >= 11 is 5.90. The lowest BCUT2D eigenvalue weighted by Gasteiger charge is -2.31. The Morgan fingerprint density at radius 3 is 2.79 bits per heavy atom. The number of rotatable bonds is 3. The third-order valence-corrected chi connectivity index (χ3v) is 3.17. The van der Waals surface area contributed by atoms with E-state index in [2.05, 4.69) is 15.3 Å². The zero-order valence-electron chi connectivity index (χ0n) is 10.5. The molecular weight excluding hydrogens is 272 g/mol. The van der Waals surface area contributed by atoms with Gasteiger partial charge in [0.25, 0.3) is 0 Å². The molecule has 0 unspecified atom stereocenters. The lowest BCUT2D eigenvalue weighted by Crippen LogP contribution is -2.44. The molecule has 1 fully saturated rings. The standard InChI is InChI=1S/C11H15ClN4O3/c1-19-9-6-8(12)14-10(15-9)16-4-2-7(3-5-16)13-11(17)18/h6-7,13H,2-5H2,1H3,(H,17,18). The molecule has 1 saturated heterocycles. The molecule has 19 heavy (non-hydrogen) atoms. The van der Waals surface area contributed by atoms with Crippen LogP contribution in [0.5, 0.6) is 5.88 Å². The minimum atomic E-state index is -0.987. The topological polar surface area (TPSA) is 87.6 Å². The van der Waals surface area contributed by atoms with Crippen LogP contribution in [0.15, 0.2) is 6.07 Å². The molecule has 0 radical (unpaired) electrons. The lowest BCUT2D eigenvalue weighted by molar-refractivity contribution is 0.187. The summed E-state index contributed by atoms with van der Waals surface area (Å²) in [5.41, 5.74) is 0. The molecule has 2 rings (SSSR count). The minimum Gasteiger partial charge on any atom is -0.481 e. The Kier molecular flexibility index (Phi) is 4.26. The molecule has 2 N–H and O–H groups in total. The van der Waals surface area contributed by atoms with Gasteiger partial charge in [0.15, 0.2) is 0 Å². The Morgan fingerprint density at radius 2 is 2.21 bits per heavy atom. The van der Waals surface area contributed by atoms with E-state index in [4.69, 9.17) is 21.4 Å². The van der Waals surface area contributed by atoms with Gasteiger partial charge in [0.05, 0.1) is 7.11 Å². The van der Waals surface area contributed by atoms with E-state index in [-0.39, 0.29) is 6.04 Å². The molecule has 104 valence electrons. The molecule has 0 aromatic carbocycles. The second-order valence-electron chi connectivity index (χ2n) is 4.24. The molecule has 0 saturated carbocycles. The van der Waals surface area contributed by atoms with Crippen molar-refractivity contribution < 1.29 is 14.6 Å². The van der Waals surface area contributed by atoms with Crippen LogP contribution >= 0.6 is 11.6 Å². The average molecular weight is 287 g/mol. The predicted molar refractivity (Wildman–Crippen MR) is 70.0 cm³/mol. The van der Waals surface area contributed by atoms with Gasteiger partial charge in [0.1, 0.15) is 5.15 Å². The summed E-state index contributed by atoms with van der Waals surface area (Å²) in [6.45, 7) is 1.35. The molecule has 8 heteroatoms. The van der Waals surface area contributed by atoms with Crippen LogP contribution < -0.4 is 15.0 Å². The van der Waals surface area contributed by atoms with Crippen molar-refractivity contribution in [3.63, 3.8) is 0 Å². The van der Waals surface area contributed by atoms with E-state index >= 15 is 0 Å². The van der Waals surface area contributed by atoms with Crippen LogP contribution in [0.1, 0.15) is 12.8 Å². The summed E-state index contributed by atoms with van der Waals surface area (Å²) in [7, 11) is 1.52. The summed E-state index contributed by atoms with van der Waals surface area (Å²) in [5, 5.41) is 11.5. The Labute approximate surface area is 115 Å². The first-order valence-electron chi connectivity index (χ1n) is 5.91. The van der Waals surface area contributed by atoms with Gasteiger partial charge in [0.2, 0.25) is 11.8 Å². The van der Waals surface area contributed by atoms with E-state index in [0.717, 1.165) is 0 Å². The molecule has 7 nitrogen and oxygen atoms in total. The third-order valence-electron chi connectivity index (χ3n) is 2.97. The fraction of sp³-hybridized carbons (Fsp3) is 0.545. The second kappa shape index (κ2) is 5.92. The second-order valence-corrected chi connectivity index (χ2v) is 4.63. The normalized spacial score (nSPS) is 16.2. The number of ether oxygens (including phenoxy) is 1. The van der Waals surface area contributed by atoms with Crippen LogP contribution in [0, 0.1) is 0 Å². The number of carbonyl (C=O) groups is 1. The summed E-state index contributed by atoms with van der Waals surface area (Å²) in [6.07, 6.45) is 0.439. The van der Waals surface area contributed by atoms with E-state index in [9.17, 15) is 4.79 Å². The molecular formula is C11H15ClN4O3. The number of anilines is 1. The first kappa shape index (κ1) is 13.7. The highest BCUT2D eigenvalue weighted by atomic mass is 35.5. The maximum atomic E-state index is 10.6. The number of hydrogen-bond donors (Lipinski definition) is 2. The summed E-state index contributed by atoms with van der Waals surface area (Å²) in [5.74, 6) is 0.930. The highest BCUT2D eigenvalue weighted by Crippen LogP contribution is 2.21. The Balaban J connectivity index is 2.01.